The predicted octanol–water partition coefficient (Wildman–Crippen LogP) is 4.86. The molecule has 1 aliphatic rings. The Morgan fingerprint density at radius 1 is 1.00 bits per heavy atom. The van der Waals surface area contributed by atoms with Crippen LogP contribution in [0.25, 0.3) is 16.6 Å². The summed E-state index contributed by atoms with van der Waals surface area (Å²) < 4.78 is 28.7. The third kappa shape index (κ3) is 3.62. The third-order valence-corrected chi connectivity index (χ3v) is 8.10. The fraction of sp³-hybridized carbons (Fsp3) is 0.375. The highest BCUT2D eigenvalue weighted by Crippen LogP contribution is 2.31. The molecular weight excluding hydrogens is 422 g/mol. The first-order valence-electron chi connectivity index (χ1n) is 11.2. The Morgan fingerprint density at radius 3 is 2.53 bits per heavy atom. The molecule has 2 aromatic carbocycles. The number of fused-ring (bicyclic) bond motifs is 3. The number of nitrogens with one attached hydrogen (secondary N) is 1. The van der Waals surface area contributed by atoms with Crippen molar-refractivity contribution in [1.29, 1.82) is 0 Å². The highest BCUT2D eigenvalue weighted by atomic mass is 32.2. The van der Waals surface area contributed by atoms with E-state index in [0.717, 1.165) is 29.3 Å². The number of anilines is 1. The molecule has 0 amide bonds. The van der Waals surface area contributed by atoms with E-state index in [1.165, 1.54) is 30.2 Å². The van der Waals surface area contributed by atoms with Crippen LogP contribution in [0.15, 0.2) is 52.4 Å². The Hall–Kier alpha value is -3.00. The molecule has 2 aromatic heterocycles. The normalized spacial score (nSPS) is 15.8. The van der Waals surface area contributed by atoms with Crippen LogP contribution < -0.4 is 5.32 Å². The van der Waals surface area contributed by atoms with E-state index in [1.54, 1.807) is 13.0 Å². The van der Waals surface area contributed by atoms with Crippen LogP contribution in [0.2, 0.25) is 0 Å². The smallest absolute Gasteiger partial charge is 0.229 e. The van der Waals surface area contributed by atoms with Gasteiger partial charge >= 0.3 is 0 Å². The van der Waals surface area contributed by atoms with Crippen LogP contribution in [0.4, 0.5) is 5.82 Å². The minimum absolute atomic E-state index is 0.110. The van der Waals surface area contributed by atoms with Gasteiger partial charge in [-0.25, -0.2) is 13.4 Å². The number of aromatic nitrogens is 4. The molecule has 0 atom stereocenters. The van der Waals surface area contributed by atoms with E-state index in [0.29, 0.717) is 17.4 Å². The van der Waals surface area contributed by atoms with Gasteiger partial charge in [-0.05, 0) is 56.0 Å². The van der Waals surface area contributed by atoms with Gasteiger partial charge in [-0.15, -0.1) is 5.10 Å². The zero-order chi connectivity index (χ0) is 22.3. The molecule has 4 aromatic rings. The number of para-hydroxylation sites is 1. The zero-order valence-corrected chi connectivity index (χ0v) is 19.2. The standard InChI is InChI=1S/C24H27N5O2S/c1-16-13-14-17(2)21(15-16)32(30,31)24-23-26-22(25-18-9-5-3-4-6-10-18)19-11-7-8-12-20(19)29(23)28-27-24/h7-8,11-15,18H,3-6,9-10H2,1-2H3,(H,25,26). The second-order valence-corrected chi connectivity index (χ2v) is 10.5. The molecule has 1 N–H and O–H groups in total. The second-order valence-electron chi connectivity index (χ2n) is 8.71. The van der Waals surface area contributed by atoms with Crippen molar-refractivity contribution in [3.63, 3.8) is 0 Å². The van der Waals surface area contributed by atoms with Gasteiger partial charge in [0, 0.05) is 11.4 Å². The summed E-state index contributed by atoms with van der Waals surface area (Å²) in [6, 6.07) is 13.5. The largest absolute Gasteiger partial charge is 0.367 e. The van der Waals surface area contributed by atoms with Gasteiger partial charge < -0.3 is 5.32 Å². The molecular formula is C24H27N5O2S. The van der Waals surface area contributed by atoms with Gasteiger partial charge in [0.1, 0.15) is 5.82 Å². The van der Waals surface area contributed by atoms with Gasteiger partial charge in [-0.1, -0.05) is 55.2 Å². The summed E-state index contributed by atoms with van der Waals surface area (Å²) in [6.07, 6.45) is 7.09. The molecule has 2 heterocycles. The van der Waals surface area contributed by atoms with E-state index >= 15 is 0 Å². The number of nitrogens with zero attached hydrogens (tertiary/aromatic N) is 4. The first-order chi connectivity index (χ1) is 15.4. The maximum absolute atomic E-state index is 13.6. The maximum atomic E-state index is 13.6. The molecule has 5 rings (SSSR count). The summed E-state index contributed by atoms with van der Waals surface area (Å²) in [7, 11) is -3.88. The van der Waals surface area contributed by atoms with Gasteiger partial charge in [0.15, 0.2) is 5.65 Å². The van der Waals surface area contributed by atoms with Crippen LogP contribution in [0.3, 0.4) is 0 Å². The number of hydrogen-bond acceptors (Lipinski definition) is 6. The van der Waals surface area contributed by atoms with Crippen molar-refractivity contribution in [2.75, 3.05) is 5.32 Å². The Kier molecular flexibility index (Phi) is 5.33. The molecule has 166 valence electrons. The van der Waals surface area contributed by atoms with Crippen LogP contribution in [-0.2, 0) is 9.84 Å². The number of hydrogen-bond donors (Lipinski definition) is 1. The molecule has 0 bridgehead atoms. The van der Waals surface area contributed by atoms with E-state index in [1.807, 2.05) is 43.3 Å². The minimum Gasteiger partial charge on any atom is -0.367 e. The SMILES string of the molecule is Cc1ccc(C)c(S(=O)(=O)c2nnn3c2nc(NC2CCCCCC2)c2ccccc23)c1. The van der Waals surface area contributed by atoms with Crippen molar-refractivity contribution in [1.82, 2.24) is 19.8 Å². The molecule has 8 heteroatoms. The van der Waals surface area contributed by atoms with E-state index in [2.05, 4.69) is 15.6 Å². The Bertz CT molecular complexity index is 1400. The highest BCUT2D eigenvalue weighted by Gasteiger charge is 2.29. The maximum Gasteiger partial charge on any atom is 0.229 e. The van der Waals surface area contributed by atoms with Crippen LogP contribution in [0.5, 0.6) is 0 Å². The minimum atomic E-state index is -3.88. The molecule has 0 unspecified atom stereocenters. The van der Waals surface area contributed by atoms with Crippen LogP contribution >= 0.6 is 0 Å². The monoisotopic (exact) mass is 449 g/mol. The molecule has 1 fully saturated rings. The molecule has 0 saturated heterocycles. The molecule has 0 spiro atoms. The lowest BCUT2D eigenvalue weighted by Gasteiger charge is -2.18. The third-order valence-electron chi connectivity index (χ3n) is 6.31. The predicted molar refractivity (Wildman–Crippen MR) is 125 cm³/mol. The summed E-state index contributed by atoms with van der Waals surface area (Å²) in [5.41, 5.74) is 2.58. The Labute approximate surface area is 187 Å². The molecule has 0 radical (unpaired) electrons. The molecule has 1 aliphatic carbocycles. The number of rotatable bonds is 4. The Balaban J connectivity index is 1.69. The molecule has 32 heavy (non-hydrogen) atoms. The summed E-state index contributed by atoms with van der Waals surface area (Å²) in [5.74, 6) is 0.694. The van der Waals surface area contributed by atoms with Crippen molar-refractivity contribution < 1.29 is 8.42 Å². The van der Waals surface area contributed by atoms with Gasteiger partial charge in [0.2, 0.25) is 14.9 Å². The molecule has 7 nitrogen and oxygen atoms in total. The van der Waals surface area contributed by atoms with E-state index < -0.39 is 9.84 Å². The lowest BCUT2D eigenvalue weighted by Crippen LogP contribution is -2.19. The highest BCUT2D eigenvalue weighted by molar-refractivity contribution is 7.91. The average molecular weight is 450 g/mol. The lowest BCUT2D eigenvalue weighted by molar-refractivity contribution is 0.592. The molecule has 1 saturated carbocycles. The Morgan fingerprint density at radius 2 is 1.75 bits per heavy atom. The fourth-order valence-corrected chi connectivity index (χ4v) is 6.10. The number of aryl methyl sites for hydroxylation is 2. The van der Waals surface area contributed by atoms with E-state index in [-0.39, 0.29) is 15.6 Å². The summed E-state index contributed by atoms with van der Waals surface area (Å²) in [4.78, 5) is 5.02. The molecule has 0 aliphatic heterocycles. The number of benzene rings is 2. The topological polar surface area (TPSA) is 89.2 Å². The van der Waals surface area contributed by atoms with E-state index in [9.17, 15) is 8.42 Å². The lowest BCUT2D eigenvalue weighted by atomic mass is 10.1. The first-order valence-corrected chi connectivity index (χ1v) is 12.7. The zero-order valence-electron chi connectivity index (χ0n) is 18.4. The van der Waals surface area contributed by atoms with Crippen molar-refractivity contribution in [3.8, 4) is 0 Å². The van der Waals surface area contributed by atoms with Gasteiger partial charge in [0.25, 0.3) is 0 Å². The van der Waals surface area contributed by atoms with Crippen molar-refractivity contribution >= 4 is 32.2 Å². The summed E-state index contributed by atoms with van der Waals surface area (Å²) in [6.45, 7) is 3.67. The van der Waals surface area contributed by atoms with Gasteiger partial charge in [0.05, 0.1) is 10.4 Å². The van der Waals surface area contributed by atoms with Gasteiger partial charge in [-0.2, -0.15) is 4.52 Å². The second kappa shape index (κ2) is 8.16. The van der Waals surface area contributed by atoms with Crippen molar-refractivity contribution in [3.05, 3.63) is 53.6 Å². The summed E-state index contributed by atoms with van der Waals surface area (Å²) in [5, 5.41) is 12.7. The summed E-state index contributed by atoms with van der Waals surface area (Å²) >= 11 is 0. The van der Waals surface area contributed by atoms with Crippen LogP contribution in [0.1, 0.15) is 49.7 Å². The van der Waals surface area contributed by atoms with Crippen LogP contribution in [0, 0.1) is 13.8 Å². The fourth-order valence-electron chi connectivity index (χ4n) is 4.55. The van der Waals surface area contributed by atoms with Gasteiger partial charge in [-0.3, -0.25) is 0 Å². The van der Waals surface area contributed by atoms with Crippen LogP contribution in [-0.4, -0.2) is 34.3 Å². The van der Waals surface area contributed by atoms with Crippen molar-refractivity contribution in [2.24, 2.45) is 0 Å². The first kappa shape index (κ1) is 20.9. The average Bonchev–Trinajstić information content (AvgIpc) is 3.06. The van der Waals surface area contributed by atoms with E-state index in [4.69, 9.17) is 4.98 Å². The quantitative estimate of drug-likeness (QED) is 0.448. The number of sulfone groups is 1. The van der Waals surface area contributed by atoms with Crippen molar-refractivity contribution in [2.45, 2.75) is 68.3 Å².